The Bertz CT molecular complexity index is 873. The smallest absolute Gasteiger partial charge is 0.303 e. The van der Waals surface area contributed by atoms with Crippen LogP contribution in [0.25, 0.3) is 0 Å². The molecule has 0 unspecified atom stereocenters. The van der Waals surface area contributed by atoms with Gasteiger partial charge in [-0.05, 0) is 30.4 Å². The lowest BCUT2D eigenvalue weighted by molar-refractivity contribution is -0.136. The van der Waals surface area contributed by atoms with Gasteiger partial charge in [0, 0.05) is 20.1 Å². The first-order valence-corrected chi connectivity index (χ1v) is 10.4. The van der Waals surface area contributed by atoms with Crippen LogP contribution in [0.4, 0.5) is 0 Å². The lowest BCUT2D eigenvalue weighted by Crippen LogP contribution is -2.13. The number of ether oxygens (including phenoxy) is 4. The predicted molar refractivity (Wildman–Crippen MR) is 112 cm³/mol. The van der Waals surface area contributed by atoms with Crippen molar-refractivity contribution < 1.29 is 38.4 Å². The first-order valence-electron chi connectivity index (χ1n) is 8.88. The number of carbonyl (C=O) groups is 3. The molecule has 160 valence electrons. The third-order valence-corrected chi connectivity index (χ3v) is 6.45. The lowest BCUT2D eigenvalue weighted by Gasteiger charge is -2.18. The van der Waals surface area contributed by atoms with Gasteiger partial charge in [-0.15, -0.1) is 0 Å². The van der Waals surface area contributed by atoms with E-state index in [2.05, 4.69) is 0 Å². The molecular weight excluding hydrogens is 411 g/mol. The predicted octanol–water partition coefficient (Wildman–Crippen LogP) is 3.66. The van der Waals surface area contributed by atoms with E-state index >= 15 is 0 Å². The van der Waals surface area contributed by atoms with Crippen molar-refractivity contribution in [3.8, 4) is 23.0 Å². The topological polar surface area (TPSA) is 108 Å². The zero-order valence-corrected chi connectivity index (χ0v) is 18.0. The Balaban J connectivity index is 2.49. The minimum Gasteiger partial charge on any atom is -0.497 e. The van der Waals surface area contributed by atoms with Crippen LogP contribution in [0.2, 0.25) is 0 Å². The van der Waals surface area contributed by atoms with E-state index in [1.807, 2.05) is 0 Å². The van der Waals surface area contributed by atoms with E-state index in [4.69, 9.17) is 24.1 Å². The van der Waals surface area contributed by atoms with Crippen molar-refractivity contribution in [2.75, 3.05) is 34.6 Å². The third-order valence-electron chi connectivity index (χ3n) is 4.32. The van der Waals surface area contributed by atoms with Crippen LogP contribution in [0.15, 0.2) is 36.4 Å². The van der Waals surface area contributed by atoms with Gasteiger partial charge >= 0.3 is 5.97 Å². The maximum Gasteiger partial charge on any atom is 0.303 e. The molecule has 0 atom stereocenters. The molecule has 0 aliphatic carbocycles. The van der Waals surface area contributed by atoms with Crippen LogP contribution in [0.1, 0.15) is 27.1 Å². The molecule has 0 radical (unpaired) electrons. The van der Waals surface area contributed by atoms with Gasteiger partial charge in [-0.1, -0.05) is 0 Å². The van der Waals surface area contributed by atoms with E-state index < -0.39 is 24.9 Å². The van der Waals surface area contributed by atoms with Crippen LogP contribution in [0.3, 0.4) is 0 Å². The number of hydrogen-bond donors (Lipinski definition) is 1. The van der Waals surface area contributed by atoms with Crippen LogP contribution >= 0.6 is 7.92 Å². The molecule has 0 saturated heterocycles. The Labute approximate surface area is 175 Å². The fraction of sp³-hybridized carbons (Fsp3) is 0.286. The molecule has 0 spiro atoms. The molecule has 0 saturated carbocycles. The number of methoxy groups -OCH3 is 4. The maximum atomic E-state index is 13.3. The average molecular weight is 434 g/mol. The molecule has 2 aromatic carbocycles. The summed E-state index contributed by atoms with van der Waals surface area (Å²) in [7, 11) is 3.73. The van der Waals surface area contributed by atoms with Gasteiger partial charge in [0.2, 0.25) is 0 Å². The number of carboxylic acids is 1. The summed E-state index contributed by atoms with van der Waals surface area (Å²) in [6, 6.07) is 9.26. The first kappa shape index (κ1) is 23.2. The van der Waals surface area contributed by atoms with Crippen LogP contribution in [0, 0.1) is 0 Å². The highest BCUT2D eigenvalue weighted by atomic mass is 31.1. The Hall–Kier alpha value is -3.12. The molecule has 0 aliphatic heterocycles. The molecule has 0 aliphatic rings. The number of benzene rings is 2. The third kappa shape index (κ3) is 5.27. The maximum absolute atomic E-state index is 13.3. The van der Waals surface area contributed by atoms with Gasteiger partial charge in [-0.25, -0.2) is 0 Å². The summed E-state index contributed by atoms with van der Waals surface area (Å²) in [6.07, 6.45) is -0.424. The summed E-state index contributed by atoms with van der Waals surface area (Å²) in [5.74, 6) is 0.377. The lowest BCUT2D eigenvalue weighted by atomic mass is 10.2. The minimum absolute atomic E-state index is 0.104. The Kier molecular flexibility index (Phi) is 8.18. The second kappa shape index (κ2) is 10.6. The van der Waals surface area contributed by atoms with Gasteiger partial charge in [0.25, 0.3) is 0 Å². The van der Waals surface area contributed by atoms with Crippen LogP contribution in [0.5, 0.6) is 23.0 Å². The van der Waals surface area contributed by atoms with Crippen molar-refractivity contribution in [3.63, 3.8) is 0 Å². The quantitative estimate of drug-likeness (QED) is 0.534. The zero-order valence-electron chi connectivity index (χ0n) is 17.1. The molecule has 2 rings (SSSR count). The summed E-state index contributed by atoms with van der Waals surface area (Å²) >= 11 is 0. The number of rotatable bonds is 11. The standard InChI is InChI=1S/C21H23O8P/c1-26-13-5-7-15(17(11-13)28-3)20(24)30(10-9-19(22)23)21(25)16-8-6-14(27-2)12-18(16)29-4/h5-8,11-12H,9-10H2,1-4H3,(H,22,23). The Morgan fingerprint density at radius 3 is 1.53 bits per heavy atom. The highest BCUT2D eigenvalue weighted by molar-refractivity contribution is 7.90. The van der Waals surface area contributed by atoms with E-state index in [1.54, 1.807) is 12.1 Å². The number of carboxylic acid groups (broad SMARTS) is 1. The Morgan fingerprint density at radius 1 is 0.767 bits per heavy atom. The summed E-state index contributed by atoms with van der Waals surface area (Å²) in [6.45, 7) is 0. The van der Waals surface area contributed by atoms with Crippen molar-refractivity contribution in [2.24, 2.45) is 0 Å². The van der Waals surface area contributed by atoms with Crippen molar-refractivity contribution in [1.82, 2.24) is 0 Å². The average Bonchev–Trinajstić information content (AvgIpc) is 2.77. The van der Waals surface area contributed by atoms with Gasteiger partial charge in [0.15, 0.2) is 11.0 Å². The second-order valence-electron chi connectivity index (χ2n) is 6.04. The molecule has 0 heterocycles. The van der Waals surface area contributed by atoms with E-state index in [0.717, 1.165) is 0 Å². The first-order chi connectivity index (χ1) is 14.4. The fourth-order valence-electron chi connectivity index (χ4n) is 2.74. The molecule has 2 aromatic rings. The van der Waals surface area contributed by atoms with E-state index in [0.29, 0.717) is 11.5 Å². The molecule has 30 heavy (non-hydrogen) atoms. The normalized spacial score (nSPS) is 10.4. The van der Waals surface area contributed by atoms with Crippen molar-refractivity contribution in [2.45, 2.75) is 6.42 Å². The fourth-order valence-corrected chi connectivity index (χ4v) is 4.70. The van der Waals surface area contributed by atoms with E-state index in [9.17, 15) is 14.4 Å². The summed E-state index contributed by atoms with van der Waals surface area (Å²) in [5, 5.41) is 9.11. The molecule has 8 nitrogen and oxygen atoms in total. The number of hydrogen-bond acceptors (Lipinski definition) is 7. The van der Waals surface area contributed by atoms with Gasteiger partial charge in [0.05, 0.1) is 46.0 Å². The molecule has 9 heteroatoms. The van der Waals surface area contributed by atoms with Gasteiger partial charge in [-0.2, -0.15) is 0 Å². The summed E-state index contributed by atoms with van der Waals surface area (Å²) in [4.78, 5) is 37.7. The summed E-state index contributed by atoms with van der Waals surface area (Å²) in [5.41, 5.74) is -0.575. The molecule has 0 bridgehead atoms. The van der Waals surface area contributed by atoms with Crippen LogP contribution < -0.4 is 18.9 Å². The molecule has 0 aromatic heterocycles. The van der Waals surface area contributed by atoms with Crippen molar-refractivity contribution in [3.05, 3.63) is 47.5 Å². The Morgan fingerprint density at radius 2 is 1.20 bits per heavy atom. The van der Waals surface area contributed by atoms with E-state index in [1.165, 1.54) is 52.7 Å². The zero-order chi connectivity index (χ0) is 22.3. The molecular formula is C21H23O8P. The van der Waals surface area contributed by atoms with Gasteiger partial charge in [0.1, 0.15) is 23.0 Å². The monoisotopic (exact) mass is 434 g/mol. The van der Waals surface area contributed by atoms with Crippen LogP contribution in [-0.2, 0) is 4.79 Å². The molecule has 0 fully saturated rings. The van der Waals surface area contributed by atoms with Crippen molar-refractivity contribution >= 4 is 24.9 Å². The largest absolute Gasteiger partial charge is 0.497 e. The number of aliphatic carboxylic acids is 1. The minimum atomic E-state index is -2.04. The SMILES string of the molecule is COc1ccc(C(=O)P(CCC(=O)O)C(=O)c2ccc(OC)cc2OC)c(OC)c1. The highest BCUT2D eigenvalue weighted by Crippen LogP contribution is 2.47. The molecule has 0 amide bonds. The van der Waals surface area contributed by atoms with Crippen LogP contribution in [-0.4, -0.2) is 56.7 Å². The van der Waals surface area contributed by atoms with Crippen molar-refractivity contribution in [1.29, 1.82) is 0 Å². The van der Waals surface area contributed by atoms with Gasteiger partial charge < -0.3 is 24.1 Å². The molecule has 1 N–H and O–H groups in total. The van der Waals surface area contributed by atoms with E-state index in [-0.39, 0.29) is 35.2 Å². The second-order valence-corrected chi connectivity index (χ2v) is 8.15. The number of carbonyl (C=O) groups excluding carboxylic acids is 2. The van der Waals surface area contributed by atoms with Gasteiger partial charge in [-0.3, -0.25) is 14.4 Å². The summed E-state index contributed by atoms with van der Waals surface area (Å²) < 4.78 is 20.9. The highest BCUT2D eigenvalue weighted by Gasteiger charge is 2.32.